The van der Waals surface area contributed by atoms with Gasteiger partial charge in [0.05, 0.1) is 29.6 Å². The summed E-state index contributed by atoms with van der Waals surface area (Å²) in [5.74, 6) is 0. The monoisotopic (exact) mass is 223 g/mol. The van der Waals surface area contributed by atoms with Crippen LogP contribution in [0.5, 0.6) is 0 Å². The van der Waals surface area contributed by atoms with Crippen LogP contribution in [0.3, 0.4) is 0 Å². The zero-order chi connectivity index (χ0) is 11.8. The highest BCUT2D eigenvalue weighted by Crippen LogP contribution is 2.20. The molecule has 1 aromatic rings. The first-order chi connectivity index (χ1) is 7.47. The summed E-state index contributed by atoms with van der Waals surface area (Å²) in [6.45, 7) is 9.40. The van der Waals surface area contributed by atoms with Crippen molar-refractivity contribution in [3.8, 4) is 0 Å². The van der Waals surface area contributed by atoms with Crippen LogP contribution < -0.4 is 5.32 Å². The van der Waals surface area contributed by atoms with E-state index in [0.29, 0.717) is 6.04 Å². The lowest BCUT2D eigenvalue weighted by Crippen LogP contribution is -2.26. The van der Waals surface area contributed by atoms with E-state index in [1.807, 2.05) is 10.9 Å². The van der Waals surface area contributed by atoms with E-state index >= 15 is 0 Å². The molecular formula is C12H21N3O. The average molecular weight is 223 g/mol. The molecule has 1 aliphatic heterocycles. The van der Waals surface area contributed by atoms with Gasteiger partial charge in [-0.25, -0.2) is 0 Å². The SMILES string of the molecule is CC1OCCC1Nc1cnn(C(C)(C)C)c1. The van der Waals surface area contributed by atoms with Crippen LogP contribution in [0.2, 0.25) is 0 Å². The quantitative estimate of drug-likeness (QED) is 0.835. The van der Waals surface area contributed by atoms with Gasteiger partial charge in [-0.3, -0.25) is 4.68 Å². The minimum atomic E-state index is 0.0394. The zero-order valence-electron chi connectivity index (χ0n) is 10.5. The molecule has 0 aromatic carbocycles. The molecule has 0 bridgehead atoms. The lowest BCUT2D eigenvalue weighted by Gasteiger charge is -2.19. The maximum absolute atomic E-state index is 5.52. The number of nitrogens with one attached hydrogen (secondary N) is 1. The van der Waals surface area contributed by atoms with Gasteiger partial charge in [-0.05, 0) is 34.1 Å². The van der Waals surface area contributed by atoms with Crippen molar-refractivity contribution in [1.29, 1.82) is 0 Å². The number of rotatable bonds is 2. The highest BCUT2D eigenvalue weighted by molar-refractivity contribution is 5.40. The molecule has 0 amide bonds. The van der Waals surface area contributed by atoms with Crippen molar-refractivity contribution >= 4 is 5.69 Å². The summed E-state index contributed by atoms with van der Waals surface area (Å²) in [6, 6.07) is 0.414. The van der Waals surface area contributed by atoms with E-state index < -0.39 is 0 Å². The van der Waals surface area contributed by atoms with Crippen molar-refractivity contribution in [2.24, 2.45) is 0 Å². The van der Waals surface area contributed by atoms with E-state index in [4.69, 9.17) is 4.74 Å². The van der Waals surface area contributed by atoms with Gasteiger partial charge in [0.15, 0.2) is 0 Å². The zero-order valence-corrected chi connectivity index (χ0v) is 10.5. The Hall–Kier alpha value is -1.03. The summed E-state index contributed by atoms with van der Waals surface area (Å²) in [6.07, 6.45) is 5.31. The van der Waals surface area contributed by atoms with Gasteiger partial charge in [0.1, 0.15) is 0 Å². The van der Waals surface area contributed by atoms with Crippen LogP contribution in [0.15, 0.2) is 12.4 Å². The molecule has 1 saturated heterocycles. The molecular weight excluding hydrogens is 202 g/mol. The predicted molar refractivity (Wildman–Crippen MR) is 64.7 cm³/mol. The molecule has 1 N–H and O–H groups in total. The van der Waals surface area contributed by atoms with Crippen LogP contribution in [-0.4, -0.2) is 28.5 Å². The molecule has 1 aromatic heterocycles. The molecule has 90 valence electrons. The Bertz CT molecular complexity index is 353. The van der Waals surface area contributed by atoms with Crippen LogP contribution in [-0.2, 0) is 10.3 Å². The first kappa shape index (κ1) is 11.5. The third-order valence-electron chi connectivity index (χ3n) is 3.00. The molecule has 1 aliphatic rings. The molecule has 2 heterocycles. The molecule has 2 atom stereocenters. The summed E-state index contributed by atoms with van der Waals surface area (Å²) in [5.41, 5.74) is 1.12. The standard InChI is InChI=1S/C12H21N3O/c1-9-11(5-6-16-9)14-10-7-13-15(8-10)12(2,3)4/h7-9,11,14H,5-6H2,1-4H3. The van der Waals surface area contributed by atoms with Gasteiger partial charge >= 0.3 is 0 Å². The molecule has 2 rings (SSSR count). The van der Waals surface area contributed by atoms with Crippen molar-refractivity contribution in [3.05, 3.63) is 12.4 Å². The summed E-state index contributed by atoms with van der Waals surface area (Å²) in [7, 11) is 0. The van der Waals surface area contributed by atoms with Gasteiger partial charge < -0.3 is 10.1 Å². The minimum absolute atomic E-state index is 0.0394. The van der Waals surface area contributed by atoms with Crippen molar-refractivity contribution in [2.45, 2.75) is 51.8 Å². The van der Waals surface area contributed by atoms with Gasteiger partial charge in [-0.2, -0.15) is 5.10 Å². The molecule has 16 heavy (non-hydrogen) atoms. The number of nitrogens with zero attached hydrogens (tertiary/aromatic N) is 2. The second kappa shape index (κ2) is 4.09. The number of hydrogen-bond acceptors (Lipinski definition) is 3. The fourth-order valence-corrected chi connectivity index (χ4v) is 1.90. The van der Waals surface area contributed by atoms with E-state index in [9.17, 15) is 0 Å². The van der Waals surface area contributed by atoms with E-state index in [1.54, 1.807) is 0 Å². The number of aromatic nitrogens is 2. The second-order valence-corrected chi connectivity index (χ2v) is 5.46. The molecule has 4 nitrogen and oxygen atoms in total. The van der Waals surface area contributed by atoms with E-state index in [1.165, 1.54) is 0 Å². The van der Waals surface area contributed by atoms with Crippen molar-refractivity contribution in [3.63, 3.8) is 0 Å². The third-order valence-corrected chi connectivity index (χ3v) is 3.00. The van der Waals surface area contributed by atoms with Crippen LogP contribution in [0.25, 0.3) is 0 Å². The highest BCUT2D eigenvalue weighted by atomic mass is 16.5. The van der Waals surface area contributed by atoms with E-state index in [0.717, 1.165) is 18.7 Å². The minimum Gasteiger partial charge on any atom is -0.377 e. The first-order valence-corrected chi connectivity index (χ1v) is 5.90. The maximum atomic E-state index is 5.52. The van der Waals surface area contributed by atoms with Crippen molar-refractivity contribution in [2.75, 3.05) is 11.9 Å². The van der Waals surface area contributed by atoms with E-state index in [2.05, 4.69) is 44.3 Å². The van der Waals surface area contributed by atoms with Crippen molar-refractivity contribution < 1.29 is 4.74 Å². The molecule has 4 heteroatoms. The Balaban J connectivity index is 2.03. The van der Waals surface area contributed by atoms with E-state index in [-0.39, 0.29) is 11.6 Å². The van der Waals surface area contributed by atoms with Gasteiger partial charge in [0, 0.05) is 12.8 Å². The smallest absolute Gasteiger partial charge is 0.0748 e. The van der Waals surface area contributed by atoms with Gasteiger partial charge in [0.2, 0.25) is 0 Å². The Morgan fingerprint density at radius 3 is 2.75 bits per heavy atom. The average Bonchev–Trinajstić information content (AvgIpc) is 2.76. The van der Waals surface area contributed by atoms with Gasteiger partial charge in [-0.1, -0.05) is 0 Å². The van der Waals surface area contributed by atoms with Crippen LogP contribution in [0.4, 0.5) is 5.69 Å². The Morgan fingerprint density at radius 1 is 1.50 bits per heavy atom. The molecule has 0 spiro atoms. The number of anilines is 1. The summed E-state index contributed by atoms with van der Waals surface area (Å²) in [4.78, 5) is 0. The van der Waals surface area contributed by atoms with Gasteiger partial charge in [0.25, 0.3) is 0 Å². The number of hydrogen-bond donors (Lipinski definition) is 1. The lowest BCUT2D eigenvalue weighted by atomic mass is 10.1. The summed E-state index contributed by atoms with van der Waals surface area (Å²) >= 11 is 0. The lowest BCUT2D eigenvalue weighted by molar-refractivity contribution is 0.121. The fraction of sp³-hybridized carbons (Fsp3) is 0.750. The molecule has 2 unspecified atom stereocenters. The second-order valence-electron chi connectivity index (χ2n) is 5.46. The predicted octanol–water partition coefficient (Wildman–Crippen LogP) is 2.23. The van der Waals surface area contributed by atoms with Crippen LogP contribution in [0.1, 0.15) is 34.1 Å². The number of ether oxygens (including phenoxy) is 1. The van der Waals surface area contributed by atoms with Crippen LogP contribution in [0, 0.1) is 0 Å². The fourth-order valence-electron chi connectivity index (χ4n) is 1.90. The van der Waals surface area contributed by atoms with Crippen molar-refractivity contribution in [1.82, 2.24) is 9.78 Å². The Kier molecular flexibility index (Phi) is 2.93. The Labute approximate surface area is 97.0 Å². The molecule has 0 saturated carbocycles. The summed E-state index contributed by atoms with van der Waals surface area (Å²) in [5, 5.41) is 7.84. The Morgan fingerprint density at radius 2 is 2.25 bits per heavy atom. The normalized spacial score (nSPS) is 26.0. The first-order valence-electron chi connectivity index (χ1n) is 5.90. The topological polar surface area (TPSA) is 39.1 Å². The molecule has 0 radical (unpaired) electrons. The highest BCUT2D eigenvalue weighted by Gasteiger charge is 2.24. The largest absolute Gasteiger partial charge is 0.377 e. The van der Waals surface area contributed by atoms with Gasteiger partial charge in [-0.15, -0.1) is 0 Å². The molecule has 0 aliphatic carbocycles. The maximum Gasteiger partial charge on any atom is 0.0748 e. The third kappa shape index (κ3) is 2.38. The summed E-state index contributed by atoms with van der Waals surface area (Å²) < 4.78 is 7.50. The van der Waals surface area contributed by atoms with Crippen LogP contribution >= 0.6 is 0 Å². The molecule has 1 fully saturated rings.